The highest BCUT2D eigenvalue weighted by molar-refractivity contribution is 6.33. The second-order valence-corrected chi connectivity index (χ2v) is 7.08. The Bertz CT molecular complexity index is 1220. The van der Waals surface area contributed by atoms with Crippen molar-refractivity contribution in [3.63, 3.8) is 0 Å². The largest absolute Gasteiger partial charge is 0.436 e. The molecule has 172 valence electrons. The van der Waals surface area contributed by atoms with Crippen LogP contribution in [-0.4, -0.2) is 16.9 Å². The van der Waals surface area contributed by atoms with E-state index in [0.29, 0.717) is 12.3 Å². The highest BCUT2D eigenvalue weighted by Crippen LogP contribution is 2.37. The second kappa shape index (κ2) is 9.59. The van der Waals surface area contributed by atoms with Gasteiger partial charge in [0.25, 0.3) is 5.91 Å². The molecule has 3 rings (SSSR count). The lowest BCUT2D eigenvalue weighted by Crippen LogP contribution is -2.35. The normalized spacial score (nSPS) is 11.1. The maximum absolute atomic E-state index is 13.6. The number of pyridine rings is 1. The van der Waals surface area contributed by atoms with Gasteiger partial charge in [0.05, 0.1) is 10.6 Å². The van der Waals surface area contributed by atoms with Crippen LogP contribution in [0.2, 0.25) is 10.0 Å². The van der Waals surface area contributed by atoms with Gasteiger partial charge < -0.3 is 10.1 Å². The van der Waals surface area contributed by atoms with Gasteiger partial charge in [-0.05, 0) is 36.4 Å². The standard InChI is InChI=1S/C20H10Cl2F5N3O3/c21-11-7-10(29-19(32)30-17(31)16-13(23)2-1-3-14(16)24)4-5-15(11)33-18-12(22)6-9(8-28-18)20(25,26)27/h1-8H,(H2,29,30,31,32). The average Bonchev–Trinajstić information content (AvgIpc) is 2.70. The van der Waals surface area contributed by atoms with Gasteiger partial charge in [-0.25, -0.2) is 18.6 Å². The molecule has 6 nitrogen and oxygen atoms in total. The average molecular weight is 506 g/mol. The molecule has 0 aliphatic heterocycles. The van der Waals surface area contributed by atoms with Gasteiger partial charge in [0.2, 0.25) is 5.88 Å². The summed E-state index contributed by atoms with van der Waals surface area (Å²) in [6, 6.07) is 5.98. The van der Waals surface area contributed by atoms with Crippen molar-refractivity contribution in [2.75, 3.05) is 5.32 Å². The number of rotatable bonds is 4. The summed E-state index contributed by atoms with van der Waals surface area (Å²) < 4.78 is 70.7. The molecule has 0 fully saturated rings. The van der Waals surface area contributed by atoms with E-state index in [2.05, 4.69) is 10.3 Å². The van der Waals surface area contributed by atoms with Crippen molar-refractivity contribution in [2.45, 2.75) is 6.18 Å². The summed E-state index contributed by atoms with van der Waals surface area (Å²) >= 11 is 11.8. The molecule has 0 unspecified atom stereocenters. The molecule has 1 aromatic heterocycles. The molecule has 0 bridgehead atoms. The van der Waals surface area contributed by atoms with Crippen LogP contribution in [0.5, 0.6) is 11.6 Å². The number of hydrogen-bond acceptors (Lipinski definition) is 4. The van der Waals surface area contributed by atoms with Crippen molar-refractivity contribution in [1.82, 2.24) is 10.3 Å². The number of nitrogens with one attached hydrogen (secondary N) is 2. The van der Waals surface area contributed by atoms with Gasteiger partial charge >= 0.3 is 12.2 Å². The summed E-state index contributed by atoms with van der Waals surface area (Å²) in [6.07, 6.45) is -4.11. The third-order valence-corrected chi connectivity index (χ3v) is 4.51. The van der Waals surface area contributed by atoms with E-state index in [1.54, 1.807) is 5.32 Å². The number of urea groups is 1. The quantitative estimate of drug-likeness (QED) is 0.400. The van der Waals surface area contributed by atoms with Gasteiger partial charge in [-0.3, -0.25) is 10.1 Å². The fourth-order valence-corrected chi connectivity index (χ4v) is 2.89. The number of ether oxygens (including phenoxy) is 1. The predicted octanol–water partition coefficient (Wildman–Crippen LogP) is 6.44. The Morgan fingerprint density at radius 3 is 2.21 bits per heavy atom. The molecule has 13 heteroatoms. The van der Waals surface area contributed by atoms with Crippen LogP contribution in [0.15, 0.2) is 48.7 Å². The van der Waals surface area contributed by atoms with Gasteiger partial charge in [-0.1, -0.05) is 29.3 Å². The SMILES string of the molecule is O=C(NC(=O)c1c(F)cccc1F)Nc1ccc(Oc2ncc(C(F)(F)F)cc2Cl)c(Cl)c1. The number of benzene rings is 2. The molecule has 0 aliphatic rings. The van der Waals surface area contributed by atoms with Crippen molar-refractivity contribution < 1.29 is 36.3 Å². The third-order valence-electron chi connectivity index (χ3n) is 3.95. The molecular formula is C20H10Cl2F5N3O3. The van der Waals surface area contributed by atoms with E-state index in [4.69, 9.17) is 27.9 Å². The minimum atomic E-state index is -4.64. The second-order valence-electron chi connectivity index (χ2n) is 6.26. The molecule has 0 spiro atoms. The number of nitrogens with zero attached hydrogens (tertiary/aromatic N) is 1. The molecule has 0 saturated carbocycles. The molecule has 0 atom stereocenters. The van der Waals surface area contributed by atoms with Gasteiger partial charge in [0, 0.05) is 11.9 Å². The van der Waals surface area contributed by atoms with Crippen molar-refractivity contribution in [3.05, 3.63) is 81.5 Å². The summed E-state index contributed by atoms with van der Waals surface area (Å²) in [7, 11) is 0. The predicted molar refractivity (Wildman–Crippen MR) is 109 cm³/mol. The molecule has 2 N–H and O–H groups in total. The van der Waals surface area contributed by atoms with Crippen LogP contribution in [-0.2, 0) is 6.18 Å². The maximum atomic E-state index is 13.6. The van der Waals surface area contributed by atoms with Crippen LogP contribution < -0.4 is 15.4 Å². The van der Waals surface area contributed by atoms with E-state index >= 15 is 0 Å². The minimum absolute atomic E-state index is 0.0538. The molecule has 2 aromatic carbocycles. The monoisotopic (exact) mass is 505 g/mol. The highest BCUT2D eigenvalue weighted by Gasteiger charge is 2.32. The fraction of sp³-hybridized carbons (Fsp3) is 0.0500. The van der Waals surface area contributed by atoms with Crippen LogP contribution in [0.25, 0.3) is 0 Å². The van der Waals surface area contributed by atoms with E-state index in [0.717, 1.165) is 18.2 Å². The Balaban J connectivity index is 1.68. The first-order valence-corrected chi connectivity index (χ1v) is 9.48. The van der Waals surface area contributed by atoms with Gasteiger partial charge in [-0.2, -0.15) is 13.2 Å². The molecule has 3 aromatic rings. The van der Waals surface area contributed by atoms with E-state index in [-0.39, 0.29) is 22.3 Å². The van der Waals surface area contributed by atoms with E-state index < -0.39 is 45.9 Å². The van der Waals surface area contributed by atoms with Crippen LogP contribution in [0.3, 0.4) is 0 Å². The molecule has 3 amide bonds. The lowest BCUT2D eigenvalue weighted by molar-refractivity contribution is -0.137. The molecule has 0 aliphatic carbocycles. The highest BCUT2D eigenvalue weighted by atomic mass is 35.5. The van der Waals surface area contributed by atoms with Crippen LogP contribution in [0.4, 0.5) is 32.4 Å². The summed E-state index contributed by atoms with van der Waals surface area (Å²) in [4.78, 5) is 27.4. The summed E-state index contributed by atoms with van der Waals surface area (Å²) in [6.45, 7) is 0. The molecular weight excluding hydrogens is 496 g/mol. The number of aromatic nitrogens is 1. The van der Waals surface area contributed by atoms with Crippen LogP contribution in [0, 0.1) is 11.6 Å². The Morgan fingerprint density at radius 1 is 0.970 bits per heavy atom. The fourth-order valence-electron chi connectivity index (χ4n) is 2.46. The lowest BCUT2D eigenvalue weighted by atomic mass is 10.2. The number of carbonyl (C=O) groups is 2. The summed E-state index contributed by atoms with van der Waals surface area (Å²) in [5.74, 6) is -4.01. The Morgan fingerprint density at radius 2 is 1.64 bits per heavy atom. The first-order chi connectivity index (χ1) is 15.5. The zero-order chi connectivity index (χ0) is 24.3. The van der Waals surface area contributed by atoms with Gasteiger partial charge in [0.1, 0.15) is 28.0 Å². The number of amides is 3. The number of halogens is 7. The Labute approximate surface area is 192 Å². The molecule has 1 heterocycles. The Hall–Kier alpha value is -3.44. The Kier molecular flexibility index (Phi) is 7.04. The first-order valence-electron chi connectivity index (χ1n) is 8.72. The van der Waals surface area contributed by atoms with Crippen molar-refractivity contribution in [2.24, 2.45) is 0 Å². The van der Waals surface area contributed by atoms with E-state index in [1.807, 2.05) is 0 Å². The zero-order valence-electron chi connectivity index (χ0n) is 15.9. The van der Waals surface area contributed by atoms with Gasteiger partial charge in [-0.15, -0.1) is 0 Å². The first kappa shape index (κ1) is 24.2. The summed E-state index contributed by atoms with van der Waals surface area (Å²) in [5.41, 5.74) is -1.95. The number of alkyl halides is 3. The zero-order valence-corrected chi connectivity index (χ0v) is 17.4. The van der Waals surface area contributed by atoms with Crippen LogP contribution >= 0.6 is 23.2 Å². The lowest BCUT2D eigenvalue weighted by Gasteiger charge is -2.12. The maximum Gasteiger partial charge on any atom is 0.417 e. The van der Waals surface area contributed by atoms with Crippen molar-refractivity contribution >= 4 is 40.8 Å². The number of anilines is 1. The third kappa shape index (κ3) is 5.88. The van der Waals surface area contributed by atoms with Crippen molar-refractivity contribution in [3.8, 4) is 11.6 Å². The summed E-state index contributed by atoms with van der Waals surface area (Å²) in [5, 5.41) is 3.47. The molecule has 0 saturated heterocycles. The smallest absolute Gasteiger partial charge is 0.417 e. The molecule has 33 heavy (non-hydrogen) atoms. The van der Waals surface area contributed by atoms with Crippen molar-refractivity contribution in [1.29, 1.82) is 0 Å². The number of carbonyl (C=O) groups excluding carboxylic acids is 2. The van der Waals surface area contributed by atoms with E-state index in [1.165, 1.54) is 18.2 Å². The molecule has 0 radical (unpaired) electrons. The minimum Gasteiger partial charge on any atom is -0.436 e. The number of imide groups is 1. The number of hydrogen-bond donors (Lipinski definition) is 2. The van der Waals surface area contributed by atoms with E-state index in [9.17, 15) is 31.5 Å². The topological polar surface area (TPSA) is 80.3 Å². The van der Waals surface area contributed by atoms with Crippen LogP contribution in [0.1, 0.15) is 15.9 Å². The van der Waals surface area contributed by atoms with Gasteiger partial charge in [0.15, 0.2) is 0 Å².